The Morgan fingerprint density at radius 3 is 2.72 bits per heavy atom. The van der Waals surface area contributed by atoms with E-state index in [1.807, 2.05) is 41.2 Å². The Hall–Kier alpha value is -3.59. The highest BCUT2D eigenvalue weighted by Gasteiger charge is 2.32. The largest absolute Gasteiger partial charge is 0.497 e. The lowest BCUT2D eigenvalue weighted by atomic mass is 9.99. The Labute approximate surface area is 210 Å². The molecule has 0 amide bonds. The molecule has 1 N–H and O–H groups in total. The number of tetrazole rings is 1. The number of H-pyrrole nitrogens is 1. The van der Waals surface area contributed by atoms with Crippen molar-refractivity contribution in [3.8, 4) is 5.75 Å². The maximum atomic E-state index is 13.2. The van der Waals surface area contributed by atoms with Crippen molar-refractivity contribution in [1.82, 2.24) is 35.1 Å². The maximum Gasteiger partial charge on any atom is 0.252 e. The van der Waals surface area contributed by atoms with Crippen LogP contribution < -0.4 is 10.3 Å². The Morgan fingerprint density at radius 1 is 1.17 bits per heavy atom. The van der Waals surface area contributed by atoms with Crippen LogP contribution in [0.5, 0.6) is 5.75 Å². The Kier molecular flexibility index (Phi) is 7.09. The second kappa shape index (κ2) is 10.6. The van der Waals surface area contributed by atoms with Crippen LogP contribution in [0.4, 0.5) is 0 Å². The zero-order valence-corrected chi connectivity index (χ0v) is 21.1. The topological polar surface area (TPSA) is 102 Å². The van der Waals surface area contributed by atoms with Gasteiger partial charge in [0.1, 0.15) is 5.75 Å². The summed E-state index contributed by atoms with van der Waals surface area (Å²) in [5.74, 6) is 1.83. The summed E-state index contributed by atoms with van der Waals surface area (Å²) in [5.41, 5.74) is 2.45. The van der Waals surface area contributed by atoms with Crippen molar-refractivity contribution in [3.63, 3.8) is 0 Å². The van der Waals surface area contributed by atoms with Crippen molar-refractivity contribution in [1.29, 1.82) is 0 Å². The standard InChI is InChI=1S/C27H33N7O2/c1-18(2)25(26-30-31-32-34(26)22-8-4-5-9-22)33(16-19-7-6-12-28-15-19)17-21-13-20-14-23(36-3)10-11-24(20)29-27(21)35/h6-7,10-15,18,22,25H,4-5,8-9,16-17H2,1-3H3,(H,29,35)/t25-/m1/s1. The van der Waals surface area contributed by atoms with Gasteiger partial charge in [-0.1, -0.05) is 32.8 Å². The summed E-state index contributed by atoms with van der Waals surface area (Å²) >= 11 is 0. The summed E-state index contributed by atoms with van der Waals surface area (Å²) in [4.78, 5) is 22.8. The maximum absolute atomic E-state index is 13.2. The van der Waals surface area contributed by atoms with E-state index in [0.29, 0.717) is 24.7 Å². The van der Waals surface area contributed by atoms with Crippen molar-refractivity contribution in [2.75, 3.05) is 7.11 Å². The molecule has 0 bridgehead atoms. The molecule has 4 aromatic rings. The van der Waals surface area contributed by atoms with Crippen LogP contribution in [0.15, 0.2) is 53.6 Å². The molecule has 3 heterocycles. The highest BCUT2D eigenvalue weighted by Crippen LogP contribution is 2.35. The molecule has 1 aliphatic rings. The van der Waals surface area contributed by atoms with Crippen molar-refractivity contribution < 1.29 is 4.74 Å². The van der Waals surface area contributed by atoms with Crippen LogP contribution >= 0.6 is 0 Å². The van der Waals surface area contributed by atoms with E-state index in [4.69, 9.17) is 4.74 Å². The molecule has 1 atom stereocenters. The van der Waals surface area contributed by atoms with Gasteiger partial charge in [-0.15, -0.1) is 5.10 Å². The summed E-state index contributed by atoms with van der Waals surface area (Å²) in [6, 6.07) is 11.9. The van der Waals surface area contributed by atoms with Crippen LogP contribution in [0.3, 0.4) is 0 Å². The zero-order valence-electron chi connectivity index (χ0n) is 21.1. The molecule has 1 fully saturated rings. The third kappa shape index (κ3) is 5.02. The minimum absolute atomic E-state index is 0.0822. The number of ether oxygens (including phenoxy) is 1. The van der Waals surface area contributed by atoms with Gasteiger partial charge in [0.25, 0.3) is 5.56 Å². The van der Waals surface area contributed by atoms with Crippen LogP contribution in [-0.2, 0) is 13.1 Å². The fraction of sp³-hybridized carbons (Fsp3) is 0.444. The normalized spacial score (nSPS) is 15.2. The van der Waals surface area contributed by atoms with Gasteiger partial charge in [-0.3, -0.25) is 14.7 Å². The number of nitrogens with one attached hydrogen (secondary N) is 1. The number of aromatic amines is 1. The molecule has 188 valence electrons. The molecule has 0 unspecified atom stereocenters. The average Bonchev–Trinajstić information content (AvgIpc) is 3.57. The Bertz CT molecular complexity index is 1360. The van der Waals surface area contributed by atoms with Crippen LogP contribution in [0.1, 0.15) is 68.6 Å². The molecule has 3 aromatic heterocycles. The van der Waals surface area contributed by atoms with E-state index in [9.17, 15) is 4.79 Å². The van der Waals surface area contributed by atoms with Gasteiger partial charge in [-0.25, -0.2) is 4.68 Å². The van der Waals surface area contributed by atoms with E-state index < -0.39 is 0 Å². The fourth-order valence-corrected chi connectivity index (χ4v) is 5.36. The van der Waals surface area contributed by atoms with Crippen LogP contribution in [0.25, 0.3) is 10.9 Å². The molecule has 9 heteroatoms. The zero-order chi connectivity index (χ0) is 25.1. The second-order valence-electron chi connectivity index (χ2n) is 9.95. The first-order chi connectivity index (χ1) is 17.5. The number of fused-ring (bicyclic) bond motifs is 1. The first-order valence-corrected chi connectivity index (χ1v) is 12.6. The number of nitrogens with zero attached hydrogens (tertiary/aromatic N) is 6. The van der Waals surface area contributed by atoms with E-state index in [1.165, 1.54) is 12.8 Å². The molecule has 1 saturated carbocycles. The molecular formula is C27H33N7O2. The van der Waals surface area contributed by atoms with Gasteiger partial charge in [-0.2, -0.15) is 0 Å². The minimum atomic E-state index is -0.0956. The number of rotatable bonds is 9. The second-order valence-corrected chi connectivity index (χ2v) is 9.95. The van der Waals surface area contributed by atoms with Gasteiger partial charge in [0, 0.05) is 41.9 Å². The lowest BCUT2D eigenvalue weighted by molar-refractivity contribution is 0.123. The third-order valence-corrected chi connectivity index (χ3v) is 7.09. The summed E-state index contributed by atoms with van der Waals surface area (Å²) < 4.78 is 7.43. The molecule has 36 heavy (non-hydrogen) atoms. The molecule has 0 saturated heterocycles. The number of hydrogen-bond acceptors (Lipinski definition) is 7. The SMILES string of the molecule is COc1ccc2[nH]c(=O)c(CN(Cc3cccnc3)[C@@H](c3nnnn3C3CCCC3)C(C)C)cc2c1. The molecular weight excluding hydrogens is 454 g/mol. The van der Waals surface area contributed by atoms with Crippen LogP contribution in [0.2, 0.25) is 0 Å². The van der Waals surface area contributed by atoms with Crippen molar-refractivity contribution in [2.24, 2.45) is 5.92 Å². The van der Waals surface area contributed by atoms with E-state index in [1.54, 1.807) is 13.3 Å². The highest BCUT2D eigenvalue weighted by atomic mass is 16.5. The lowest BCUT2D eigenvalue weighted by Crippen LogP contribution is -2.35. The van der Waals surface area contributed by atoms with E-state index in [2.05, 4.69) is 50.3 Å². The van der Waals surface area contributed by atoms with Gasteiger partial charge >= 0.3 is 0 Å². The Morgan fingerprint density at radius 2 is 2.00 bits per heavy atom. The van der Waals surface area contributed by atoms with Gasteiger partial charge < -0.3 is 9.72 Å². The van der Waals surface area contributed by atoms with Crippen molar-refractivity contribution in [3.05, 3.63) is 76.1 Å². The first-order valence-electron chi connectivity index (χ1n) is 12.6. The van der Waals surface area contributed by atoms with Crippen molar-refractivity contribution in [2.45, 2.75) is 64.7 Å². The molecule has 0 aliphatic heterocycles. The van der Waals surface area contributed by atoms with E-state index in [-0.39, 0.29) is 17.5 Å². The summed E-state index contributed by atoms with van der Waals surface area (Å²) in [5, 5.41) is 14.0. The van der Waals surface area contributed by atoms with Gasteiger partial charge in [0.15, 0.2) is 5.82 Å². The van der Waals surface area contributed by atoms with E-state index >= 15 is 0 Å². The molecule has 0 radical (unpaired) electrons. The first kappa shape index (κ1) is 24.1. The number of hydrogen-bond donors (Lipinski definition) is 1. The average molecular weight is 488 g/mol. The molecule has 1 aromatic carbocycles. The summed E-state index contributed by atoms with van der Waals surface area (Å²) in [6.45, 7) is 5.43. The number of methoxy groups -OCH3 is 1. The van der Waals surface area contributed by atoms with Gasteiger partial charge in [-0.05, 0) is 65.1 Å². The third-order valence-electron chi connectivity index (χ3n) is 7.09. The number of pyridine rings is 2. The van der Waals surface area contributed by atoms with E-state index in [0.717, 1.165) is 40.9 Å². The smallest absolute Gasteiger partial charge is 0.252 e. The molecule has 1 aliphatic carbocycles. The van der Waals surface area contributed by atoms with Gasteiger partial charge in [0.05, 0.1) is 19.2 Å². The predicted octanol–water partition coefficient (Wildman–Crippen LogP) is 4.43. The monoisotopic (exact) mass is 487 g/mol. The number of benzene rings is 1. The summed E-state index contributed by atoms with van der Waals surface area (Å²) in [6.07, 6.45) is 8.24. The van der Waals surface area contributed by atoms with Gasteiger partial charge in [0.2, 0.25) is 0 Å². The summed E-state index contributed by atoms with van der Waals surface area (Å²) in [7, 11) is 1.64. The fourth-order valence-electron chi connectivity index (χ4n) is 5.36. The van der Waals surface area contributed by atoms with Crippen LogP contribution in [0, 0.1) is 5.92 Å². The lowest BCUT2D eigenvalue weighted by Gasteiger charge is -2.34. The van der Waals surface area contributed by atoms with Crippen molar-refractivity contribution >= 4 is 10.9 Å². The highest BCUT2D eigenvalue weighted by molar-refractivity contribution is 5.80. The van der Waals surface area contributed by atoms with Crippen LogP contribution in [-0.4, -0.2) is 42.2 Å². The quantitative estimate of drug-likeness (QED) is 0.372. The Balaban J connectivity index is 1.56. The minimum Gasteiger partial charge on any atom is -0.497 e. The molecule has 9 nitrogen and oxygen atoms in total. The molecule has 5 rings (SSSR count). The number of aromatic nitrogens is 6. The predicted molar refractivity (Wildman–Crippen MR) is 138 cm³/mol. The molecule has 0 spiro atoms.